The van der Waals surface area contributed by atoms with Crippen molar-refractivity contribution >= 4 is 11.0 Å². The monoisotopic (exact) mass is 243 g/mol. The van der Waals surface area contributed by atoms with Crippen molar-refractivity contribution in [2.75, 3.05) is 6.54 Å². The van der Waals surface area contributed by atoms with Crippen molar-refractivity contribution in [2.24, 2.45) is 5.73 Å². The maximum atomic E-state index is 5.82. The van der Waals surface area contributed by atoms with E-state index in [1.807, 2.05) is 0 Å². The number of hydrogen-bond donors (Lipinski definition) is 2. The maximum Gasteiger partial charge on any atom is 0.110 e. The summed E-state index contributed by atoms with van der Waals surface area (Å²) >= 11 is 0. The first-order valence-corrected chi connectivity index (χ1v) is 7.01. The van der Waals surface area contributed by atoms with Crippen molar-refractivity contribution in [3.8, 4) is 0 Å². The van der Waals surface area contributed by atoms with Gasteiger partial charge >= 0.3 is 0 Å². The topological polar surface area (TPSA) is 54.7 Å². The van der Waals surface area contributed by atoms with Gasteiger partial charge in [-0.25, -0.2) is 4.98 Å². The smallest absolute Gasteiger partial charge is 0.110 e. The van der Waals surface area contributed by atoms with Crippen molar-refractivity contribution in [3.05, 3.63) is 29.6 Å². The van der Waals surface area contributed by atoms with E-state index in [-0.39, 0.29) is 0 Å². The number of nitrogens with one attached hydrogen (secondary N) is 1. The molecule has 1 aliphatic rings. The number of hydrogen-bond acceptors (Lipinski definition) is 2. The lowest BCUT2D eigenvalue weighted by Gasteiger charge is -2.22. The standard InChI is InChI=1S/C15H21N3/c1-2-10(9-16)12-6-7-13-14(8-12)18-15(17-13)11-4-3-5-11/h6-8,10-11H,2-5,9,16H2,1H3,(H,17,18). The lowest BCUT2D eigenvalue weighted by Crippen LogP contribution is -2.11. The van der Waals surface area contributed by atoms with Crippen LogP contribution in [0.1, 0.15) is 55.8 Å². The summed E-state index contributed by atoms with van der Waals surface area (Å²) in [6, 6.07) is 6.53. The number of aromatic nitrogens is 2. The number of nitrogens with two attached hydrogens (primary N) is 1. The molecule has 96 valence electrons. The largest absolute Gasteiger partial charge is 0.342 e. The number of nitrogens with zero attached hydrogens (tertiary/aromatic N) is 1. The lowest BCUT2D eigenvalue weighted by molar-refractivity contribution is 0.405. The summed E-state index contributed by atoms with van der Waals surface area (Å²) in [5.41, 5.74) is 9.41. The van der Waals surface area contributed by atoms with Gasteiger partial charge in [-0.1, -0.05) is 19.4 Å². The Morgan fingerprint density at radius 2 is 2.28 bits per heavy atom. The zero-order chi connectivity index (χ0) is 12.5. The maximum absolute atomic E-state index is 5.82. The Bertz CT molecular complexity index is 536. The summed E-state index contributed by atoms with van der Waals surface area (Å²) < 4.78 is 0. The zero-order valence-electron chi connectivity index (χ0n) is 10.9. The average Bonchev–Trinajstić information content (AvgIpc) is 2.70. The minimum absolute atomic E-state index is 0.463. The molecule has 0 bridgehead atoms. The molecule has 1 aliphatic carbocycles. The highest BCUT2D eigenvalue weighted by atomic mass is 14.9. The quantitative estimate of drug-likeness (QED) is 0.865. The fourth-order valence-corrected chi connectivity index (χ4v) is 2.71. The Morgan fingerprint density at radius 3 is 2.89 bits per heavy atom. The van der Waals surface area contributed by atoms with Gasteiger partial charge in [-0.2, -0.15) is 0 Å². The molecule has 3 nitrogen and oxygen atoms in total. The number of imidazole rings is 1. The van der Waals surface area contributed by atoms with Gasteiger partial charge in [0.1, 0.15) is 5.82 Å². The van der Waals surface area contributed by atoms with E-state index < -0.39 is 0 Å². The number of benzene rings is 1. The van der Waals surface area contributed by atoms with Crippen molar-refractivity contribution < 1.29 is 0 Å². The van der Waals surface area contributed by atoms with Gasteiger partial charge < -0.3 is 10.7 Å². The Kier molecular flexibility index (Phi) is 3.08. The number of H-pyrrole nitrogens is 1. The Morgan fingerprint density at radius 1 is 1.44 bits per heavy atom. The second kappa shape index (κ2) is 4.73. The van der Waals surface area contributed by atoms with Crippen LogP contribution in [-0.4, -0.2) is 16.5 Å². The number of rotatable bonds is 4. The van der Waals surface area contributed by atoms with E-state index in [9.17, 15) is 0 Å². The summed E-state index contributed by atoms with van der Waals surface area (Å²) in [5.74, 6) is 2.30. The van der Waals surface area contributed by atoms with E-state index in [0.29, 0.717) is 18.4 Å². The normalized spacial score (nSPS) is 17.9. The summed E-state index contributed by atoms with van der Waals surface area (Å²) in [6.45, 7) is 2.90. The van der Waals surface area contributed by atoms with E-state index in [4.69, 9.17) is 10.7 Å². The van der Waals surface area contributed by atoms with Crippen LogP contribution in [0.5, 0.6) is 0 Å². The van der Waals surface area contributed by atoms with Gasteiger partial charge in [-0.05, 0) is 49.4 Å². The van der Waals surface area contributed by atoms with E-state index >= 15 is 0 Å². The lowest BCUT2D eigenvalue weighted by atomic mass is 9.85. The van der Waals surface area contributed by atoms with E-state index in [1.54, 1.807) is 0 Å². The van der Waals surface area contributed by atoms with Crippen LogP contribution in [0.2, 0.25) is 0 Å². The van der Waals surface area contributed by atoms with Crippen molar-refractivity contribution in [2.45, 2.75) is 44.4 Å². The highest BCUT2D eigenvalue weighted by molar-refractivity contribution is 5.76. The number of aromatic amines is 1. The number of fused-ring (bicyclic) bond motifs is 1. The molecule has 18 heavy (non-hydrogen) atoms. The fraction of sp³-hybridized carbons (Fsp3) is 0.533. The third kappa shape index (κ3) is 1.93. The predicted molar refractivity (Wildman–Crippen MR) is 74.8 cm³/mol. The summed E-state index contributed by atoms with van der Waals surface area (Å²) in [5, 5.41) is 0. The van der Waals surface area contributed by atoms with Crippen LogP contribution < -0.4 is 5.73 Å². The van der Waals surface area contributed by atoms with Crippen LogP contribution in [0.15, 0.2) is 18.2 Å². The zero-order valence-corrected chi connectivity index (χ0v) is 10.9. The molecule has 2 aromatic rings. The van der Waals surface area contributed by atoms with E-state index in [2.05, 4.69) is 30.1 Å². The summed E-state index contributed by atoms with van der Waals surface area (Å²) in [6.07, 6.45) is 5.00. The van der Waals surface area contributed by atoms with Crippen molar-refractivity contribution in [1.82, 2.24) is 9.97 Å². The van der Waals surface area contributed by atoms with Crippen LogP contribution in [0.4, 0.5) is 0 Å². The molecular weight excluding hydrogens is 222 g/mol. The van der Waals surface area contributed by atoms with Crippen LogP contribution in [0, 0.1) is 0 Å². The molecule has 0 amide bonds. The van der Waals surface area contributed by atoms with E-state index in [1.165, 1.54) is 36.2 Å². The second-order valence-electron chi connectivity index (χ2n) is 5.37. The Hall–Kier alpha value is -1.35. The molecule has 1 saturated carbocycles. The van der Waals surface area contributed by atoms with E-state index in [0.717, 1.165) is 11.9 Å². The van der Waals surface area contributed by atoms with Crippen molar-refractivity contribution in [1.29, 1.82) is 0 Å². The molecule has 1 heterocycles. The van der Waals surface area contributed by atoms with Gasteiger partial charge in [0.2, 0.25) is 0 Å². The minimum atomic E-state index is 0.463. The molecule has 1 aromatic carbocycles. The van der Waals surface area contributed by atoms with Gasteiger partial charge in [0.25, 0.3) is 0 Å². The summed E-state index contributed by atoms with van der Waals surface area (Å²) in [7, 11) is 0. The average molecular weight is 243 g/mol. The molecule has 3 rings (SSSR count). The molecule has 1 unspecified atom stereocenters. The first-order valence-electron chi connectivity index (χ1n) is 7.01. The van der Waals surface area contributed by atoms with Gasteiger partial charge in [0, 0.05) is 5.92 Å². The molecule has 3 N–H and O–H groups in total. The van der Waals surface area contributed by atoms with Gasteiger partial charge in [0.05, 0.1) is 11.0 Å². The third-order valence-electron chi connectivity index (χ3n) is 4.26. The molecule has 0 spiro atoms. The highest BCUT2D eigenvalue weighted by Crippen LogP contribution is 2.35. The van der Waals surface area contributed by atoms with Gasteiger partial charge in [-0.15, -0.1) is 0 Å². The molecule has 0 radical (unpaired) electrons. The van der Waals surface area contributed by atoms with Crippen LogP contribution in [0.3, 0.4) is 0 Å². The highest BCUT2D eigenvalue weighted by Gasteiger charge is 2.22. The third-order valence-corrected chi connectivity index (χ3v) is 4.26. The molecule has 1 atom stereocenters. The Labute approximate surface area is 108 Å². The minimum Gasteiger partial charge on any atom is -0.342 e. The van der Waals surface area contributed by atoms with Crippen LogP contribution in [0.25, 0.3) is 11.0 Å². The molecule has 1 aromatic heterocycles. The molecule has 1 fully saturated rings. The first kappa shape index (κ1) is 11.7. The van der Waals surface area contributed by atoms with Gasteiger partial charge in [0.15, 0.2) is 0 Å². The molecule has 0 saturated heterocycles. The molecule has 0 aliphatic heterocycles. The van der Waals surface area contributed by atoms with Crippen LogP contribution >= 0.6 is 0 Å². The Balaban J connectivity index is 1.95. The SMILES string of the molecule is CCC(CN)c1ccc2nc(C3CCC3)[nH]c2c1. The van der Waals surface area contributed by atoms with Crippen molar-refractivity contribution in [3.63, 3.8) is 0 Å². The van der Waals surface area contributed by atoms with Crippen LogP contribution in [-0.2, 0) is 0 Å². The summed E-state index contributed by atoms with van der Waals surface area (Å²) in [4.78, 5) is 8.19. The molecule has 3 heteroatoms. The predicted octanol–water partition coefficient (Wildman–Crippen LogP) is 3.28. The van der Waals surface area contributed by atoms with Gasteiger partial charge in [-0.3, -0.25) is 0 Å². The fourth-order valence-electron chi connectivity index (χ4n) is 2.71. The first-order chi connectivity index (χ1) is 8.81. The molecular formula is C15H21N3. The second-order valence-corrected chi connectivity index (χ2v) is 5.37.